The monoisotopic (exact) mass is 348 g/mol. The molecule has 1 aromatic rings. The fourth-order valence-corrected chi connectivity index (χ4v) is 4.66. The summed E-state index contributed by atoms with van der Waals surface area (Å²) in [6.07, 6.45) is 1.47. The van der Waals surface area contributed by atoms with Gasteiger partial charge in [-0.25, -0.2) is 8.42 Å². The van der Waals surface area contributed by atoms with Crippen molar-refractivity contribution >= 4 is 15.7 Å². The number of benzene rings is 1. The van der Waals surface area contributed by atoms with Crippen LogP contribution in [0.2, 0.25) is 0 Å². The molecule has 5 nitrogen and oxygen atoms in total. The molecule has 24 heavy (non-hydrogen) atoms. The van der Waals surface area contributed by atoms with E-state index in [1.807, 2.05) is 12.1 Å². The average molecular weight is 348 g/mol. The third-order valence-electron chi connectivity index (χ3n) is 4.50. The lowest BCUT2D eigenvalue weighted by Crippen LogP contribution is -2.39. The lowest BCUT2D eigenvalue weighted by atomic mass is 10.1. The zero-order valence-corrected chi connectivity index (χ0v) is 15.3. The number of likely N-dealkylation sites (tertiary alicyclic amines) is 1. The Hall–Kier alpha value is -1.87. The van der Waals surface area contributed by atoms with Crippen LogP contribution in [0, 0.1) is 11.3 Å². The van der Waals surface area contributed by atoms with Gasteiger partial charge < -0.3 is 4.90 Å². The molecule has 1 aliphatic heterocycles. The van der Waals surface area contributed by atoms with E-state index in [1.165, 1.54) is 0 Å². The summed E-state index contributed by atoms with van der Waals surface area (Å²) in [5.74, 6) is -0.00836. The van der Waals surface area contributed by atoms with Crippen molar-refractivity contribution in [3.63, 3.8) is 0 Å². The zero-order valence-electron chi connectivity index (χ0n) is 14.4. The highest BCUT2D eigenvalue weighted by Gasteiger charge is 2.41. The zero-order chi connectivity index (χ0) is 18.0. The Kier molecular flexibility index (Phi) is 5.34. The maximum atomic E-state index is 12.5. The minimum atomic E-state index is -3.24. The van der Waals surface area contributed by atoms with Crippen LogP contribution in [-0.4, -0.2) is 42.3 Å². The number of nitriles is 1. The minimum Gasteiger partial charge on any atom is -0.341 e. The first-order valence-corrected chi connectivity index (χ1v) is 9.70. The Bertz CT molecular complexity index is 740. The van der Waals surface area contributed by atoms with Crippen LogP contribution < -0.4 is 0 Å². The number of nitrogens with zero attached hydrogens (tertiary/aromatic N) is 2. The van der Waals surface area contributed by atoms with Crippen molar-refractivity contribution in [3.05, 3.63) is 35.4 Å². The van der Waals surface area contributed by atoms with Gasteiger partial charge in [-0.15, -0.1) is 0 Å². The van der Waals surface area contributed by atoms with Crippen molar-refractivity contribution in [2.24, 2.45) is 0 Å². The van der Waals surface area contributed by atoms with Crippen molar-refractivity contribution in [1.29, 1.82) is 5.26 Å². The SMILES string of the molecule is CC(C)(C)S(=O)(=O)[C@@H]1CCN(C(=O)CCc2ccc(C#N)cc2)C1. The number of carbonyl (C=O) groups is 1. The van der Waals surface area contributed by atoms with Crippen LogP contribution >= 0.6 is 0 Å². The van der Waals surface area contributed by atoms with Crippen molar-refractivity contribution in [1.82, 2.24) is 4.90 Å². The molecule has 1 heterocycles. The van der Waals surface area contributed by atoms with E-state index in [0.717, 1.165) is 5.56 Å². The normalized spacial score (nSPS) is 18.4. The third kappa shape index (κ3) is 3.96. The van der Waals surface area contributed by atoms with Gasteiger partial charge in [0.1, 0.15) is 0 Å². The summed E-state index contributed by atoms with van der Waals surface area (Å²) < 4.78 is 24.2. The molecule has 2 rings (SSSR count). The summed E-state index contributed by atoms with van der Waals surface area (Å²) in [5.41, 5.74) is 1.60. The number of aryl methyl sites for hydroxylation is 1. The molecule has 1 amide bonds. The summed E-state index contributed by atoms with van der Waals surface area (Å²) in [7, 11) is -3.24. The molecule has 1 atom stereocenters. The van der Waals surface area contributed by atoms with Gasteiger partial charge in [-0.1, -0.05) is 12.1 Å². The summed E-state index contributed by atoms with van der Waals surface area (Å²) in [6, 6.07) is 9.24. The van der Waals surface area contributed by atoms with Crippen molar-refractivity contribution in [2.75, 3.05) is 13.1 Å². The fourth-order valence-electron chi connectivity index (χ4n) is 2.86. The quantitative estimate of drug-likeness (QED) is 0.836. The van der Waals surface area contributed by atoms with Gasteiger partial charge in [-0.2, -0.15) is 5.26 Å². The van der Waals surface area contributed by atoms with Gasteiger partial charge in [0, 0.05) is 19.5 Å². The average Bonchev–Trinajstić information content (AvgIpc) is 3.02. The number of carbonyl (C=O) groups excluding carboxylic acids is 1. The van der Waals surface area contributed by atoms with E-state index < -0.39 is 19.8 Å². The predicted molar refractivity (Wildman–Crippen MR) is 93.1 cm³/mol. The summed E-state index contributed by atoms with van der Waals surface area (Å²) in [4.78, 5) is 14.0. The molecule has 0 bridgehead atoms. The van der Waals surface area contributed by atoms with Crippen molar-refractivity contribution in [3.8, 4) is 6.07 Å². The van der Waals surface area contributed by atoms with Crippen LogP contribution in [0.3, 0.4) is 0 Å². The van der Waals surface area contributed by atoms with Crippen LogP contribution in [0.1, 0.15) is 44.7 Å². The van der Waals surface area contributed by atoms with Crippen LogP contribution in [-0.2, 0) is 21.1 Å². The van der Waals surface area contributed by atoms with E-state index in [-0.39, 0.29) is 5.91 Å². The number of hydrogen-bond acceptors (Lipinski definition) is 4. The van der Waals surface area contributed by atoms with Crippen LogP contribution in [0.25, 0.3) is 0 Å². The highest BCUT2D eigenvalue weighted by Crippen LogP contribution is 2.27. The Labute approximate surface area is 144 Å². The molecule has 0 aliphatic carbocycles. The molecule has 1 fully saturated rings. The lowest BCUT2D eigenvalue weighted by Gasteiger charge is -2.24. The van der Waals surface area contributed by atoms with Crippen LogP contribution in [0.15, 0.2) is 24.3 Å². The number of rotatable bonds is 4. The van der Waals surface area contributed by atoms with E-state index >= 15 is 0 Å². The summed E-state index contributed by atoms with van der Waals surface area (Å²) in [5, 5.41) is 8.32. The Morgan fingerprint density at radius 3 is 2.46 bits per heavy atom. The van der Waals surface area contributed by atoms with Gasteiger partial charge in [-0.3, -0.25) is 4.79 Å². The highest BCUT2D eigenvalue weighted by molar-refractivity contribution is 7.93. The molecule has 0 unspecified atom stereocenters. The molecule has 0 N–H and O–H groups in total. The molecule has 130 valence electrons. The second kappa shape index (κ2) is 6.94. The first-order chi connectivity index (χ1) is 11.1. The second-order valence-electron chi connectivity index (χ2n) is 7.22. The Morgan fingerprint density at radius 2 is 1.92 bits per heavy atom. The Balaban J connectivity index is 1.91. The van der Waals surface area contributed by atoms with Gasteiger partial charge in [0.2, 0.25) is 5.91 Å². The predicted octanol–water partition coefficient (Wildman–Crippen LogP) is 2.31. The smallest absolute Gasteiger partial charge is 0.222 e. The van der Waals surface area contributed by atoms with Gasteiger partial charge in [0.05, 0.1) is 21.6 Å². The van der Waals surface area contributed by atoms with Crippen molar-refractivity contribution < 1.29 is 13.2 Å². The van der Waals surface area contributed by atoms with E-state index in [2.05, 4.69) is 6.07 Å². The summed E-state index contributed by atoms with van der Waals surface area (Å²) >= 11 is 0. The molecular formula is C18H24N2O3S. The van der Waals surface area contributed by atoms with Gasteiger partial charge in [0.25, 0.3) is 0 Å². The highest BCUT2D eigenvalue weighted by atomic mass is 32.2. The Morgan fingerprint density at radius 1 is 1.29 bits per heavy atom. The van der Waals surface area contributed by atoms with Gasteiger partial charge >= 0.3 is 0 Å². The maximum absolute atomic E-state index is 12.5. The lowest BCUT2D eigenvalue weighted by molar-refractivity contribution is -0.130. The van der Waals surface area contributed by atoms with E-state index in [0.29, 0.717) is 37.9 Å². The van der Waals surface area contributed by atoms with Crippen LogP contribution in [0.4, 0.5) is 0 Å². The largest absolute Gasteiger partial charge is 0.341 e. The maximum Gasteiger partial charge on any atom is 0.222 e. The molecule has 1 aliphatic rings. The molecule has 0 saturated carbocycles. The van der Waals surface area contributed by atoms with Crippen molar-refractivity contribution in [2.45, 2.75) is 50.0 Å². The van der Waals surface area contributed by atoms with Gasteiger partial charge in [0.15, 0.2) is 9.84 Å². The first-order valence-electron chi connectivity index (χ1n) is 8.15. The molecule has 0 radical (unpaired) electrons. The van der Waals surface area contributed by atoms with Gasteiger partial charge in [-0.05, 0) is 51.3 Å². The first kappa shape index (κ1) is 18.5. The molecule has 0 aromatic heterocycles. The molecular weight excluding hydrogens is 324 g/mol. The van der Waals surface area contributed by atoms with E-state index in [9.17, 15) is 13.2 Å². The van der Waals surface area contributed by atoms with E-state index in [1.54, 1.807) is 37.8 Å². The third-order valence-corrected chi connectivity index (χ3v) is 7.47. The topological polar surface area (TPSA) is 78.2 Å². The number of sulfone groups is 1. The molecule has 1 saturated heterocycles. The second-order valence-corrected chi connectivity index (χ2v) is 10.2. The molecule has 1 aromatic carbocycles. The number of amides is 1. The van der Waals surface area contributed by atoms with Crippen LogP contribution in [0.5, 0.6) is 0 Å². The number of hydrogen-bond donors (Lipinski definition) is 0. The van der Waals surface area contributed by atoms with E-state index in [4.69, 9.17) is 5.26 Å². The minimum absolute atomic E-state index is 0.00836. The molecule has 6 heteroatoms. The fraction of sp³-hybridized carbons (Fsp3) is 0.556. The standard InChI is InChI=1S/C18H24N2O3S/c1-18(2,3)24(22,23)16-10-11-20(13-16)17(21)9-8-14-4-6-15(12-19)7-5-14/h4-7,16H,8-11,13H2,1-3H3/t16-/m1/s1. The summed E-state index contributed by atoms with van der Waals surface area (Å²) in [6.45, 7) is 5.92. The molecule has 0 spiro atoms.